The molecule has 1 radical (unpaired) electrons. The fourth-order valence-electron chi connectivity index (χ4n) is 1.22. The molecule has 0 atom stereocenters. The maximum absolute atomic E-state index is 8.78. The van der Waals surface area contributed by atoms with Crippen LogP contribution in [-0.2, 0) is 7.05 Å². The molecule has 2 rings (SSSR count). The molecule has 0 aliphatic carbocycles. The monoisotopic (exact) mass is 156 g/mol. The Kier molecular flexibility index (Phi) is 1.34. The minimum absolute atomic E-state index is 0.585. The fraction of sp³-hybridized carbons (Fsp3) is 0.111. The van der Waals surface area contributed by atoms with Gasteiger partial charge in [0.1, 0.15) is 11.8 Å². The highest BCUT2D eigenvalue weighted by Crippen LogP contribution is 2.15. The first-order valence-electron chi connectivity index (χ1n) is 3.56. The van der Waals surface area contributed by atoms with Gasteiger partial charge in [0, 0.05) is 12.4 Å². The summed E-state index contributed by atoms with van der Waals surface area (Å²) >= 11 is 0. The van der Waals surface area contributed by atoms with Crippen LogP contribution in [0.25, 0.3) is 10.9 Å². The zero-order valence-corrected chi connectivity index (χ0v) is 6.57. The predicted molar refractivity (Wildman–Crippen MR) is 44.3 cm³/mol. The smallest absolute Gasteiger partial charge is 0.146 e. The molecule has 0 fully saturated rings. The van der Waals surface area contributed by atoms with E-state index in [-0.39, 0.29) is 0 Å². The molecular weight excluding hydrogens is 150 g/mol. The molecule has 0 spiro atoms. The Morgan fingerprint density at radius 2 is 2.50 bits per heavy atom. The van der Waals surface area contributed by atoms with Gasteiger partial charge in [0.25, 0.3) is 0 Å². The highest BCUT2D eigenvalue weighted by atomic mass is 15.3. The summed E-state index contributed by atoms with van der Waals surface area (Å²) in [6.45, 7) is 0. The molecule has 0 N–H and O–H groups in total. The number of hydrogen-bond acceptors (Lipinski definition) is 2. The summed E-state index contributed by atoms with van der Waals surface area (Å²) in [4.78, 5) is 0. The van der Waals surface area contributed by atoms with E-state index in [1.807, 2.05) is 6.07 Å². The molecule has 1 aromatic heterocycles. The molecule has 0 saturated carbocycles. The van der Waals surface area contributed by atoms with Crippen LogP contribution >= 0.6 is 0 Å². The Morgan fingerprint density at radius 1 is 1.67 bits per heavy atom. The van der Waals surface area contributed by atoms with Gasteiger partial charge in [-0.25, -0.2) is 0 Å². The van der Waals surface area contributed by atoms with Gasteiger partial charge in [-0.05, 0) is 18.2 Å². The van der Waals surface area contributed by atoms with Gasteiger partial charge < -0.3 is 0 Å². The second kappa shape index (κ2) is 2.35. The first-order chi connectivity index (χ1) is 5.83. The standard InChI is InChI=1S/C9H6N3/c1-12-9(6-10)7-4-2-3-5-8(7)11-12/h3-5H,1H3. The molecule has 3 nitrogen and oxygen atoms in total. The van der Waals surface area contributed by atoms with Crippen molar-refractivity contribution in [3.8, 4) is 6.07 Å². The molecular formula is C9H6N3. The van der Waals surface area contributed by atoms with E-state index in [0.29, 0.717) is 5.69 Å². The van der Waals surface area contributed by atoms with Gasteiger partial charge in [-0.1, -0.05) is 6.07 Å². The van der Waals surface area contributed by atoms with Gasteiger partial charge in [0.05, 0.1) is 5.52 Å². The molecule has 2 aromatic rings. The molecule has 0 unspecified atom stereocenters. The van der Waals surface area contributed by atoms with Crippen molar-refractivity contribution in [1.29, 1.82) is 5.26 Å². The van der Waals surface area contributed by atoms with Gasteiger partial charge in [-0.3, -0.25) is 4.68 Å². The lowest BCUT2D eigenvalue weighted by Crippen LogP contribution is -1.92. The number of nitriles is 1. The molecule has 0 aliphatic heterocycles. The van der Waals surface area contributed by atoms with Crippen LogP contribution < -0.4 is 0 Å². The minimum atomic E-state index is 0.585. The molecule has 0 saturated heterocycles. The second-order valence-corrected chi connectivity index (χ2v) is 2.53. The van der Waals surface area contributed by atoms with Crippen molar-refractivity contribution >= 4 is 10.9 Å². The number of rotatable bonds is 0. The third-order valence-electron chi connectivity index (χ3n) is 1.78. The number of aryl methyl sites for hydroxylation is 1. The zero-order valence-electron chi connectivity index (χ0n) is 6.57. The Bertz CT molecular complexity index is 462. The lowest BCUT2D eigenvalue weighted by Gasteiger charge is -1.86. The van der Waals surface area contributed by atoms with Gasteiger partial charge in [0.15, 0.2) is 0 Å². The van der Waals surface area contributed by atoms with Crippen molar-refractivity contribution in [1.82, 2.24) is 9.78 Å². The third kappa shape index (κ3) is 0.785. The summed E-state index contributed by atoms with van der Waals surface area (Å²) in [7, 11) is 1.76. The van der Waals surface area contributed by atoms with E-state index in [1.165, 1.54) is 0 Å². The van der Waals surface area contributed by atoms with E-state index in [1.54, 1.807) is 23.9 Å². The number of aromatic nitrogens is 2. The van der Waals surface area contributed by atoms with Crippen molar-refractivity contribution in [2.45, 2.75) is 0 Å². The van der Waals surface area contributed by atoms with Gasteiger partial charge >= 0.3 is 0 Å². The van der Waals surface area contributed by atoms with Crippen molar-refractivity contribution in [2.75, 3.05) is 0 Å². The van der Waals surface area contributed by atoms with Gasteiger partial charge in [-0.2, -0.15) is 10.4 Å². The van der Waals surface area contributed by atoms with E-state index in [0.717, 1.165) is 10.9 Å². The summed E-state index contributed by atoms with van der Waals surface area (Å²) < 4.78 is 1.58. The van der Waals surface area contributed by atoms with Crippen LogP contribution in [0, 0.1) is 17.4 Å². The van der Waals surface area contributed by atoms with Crippen LogP contribution in [0.15, 0.2) is 18.2 Å². The molecule has 57 valence electrons. The average Bonchev–Trinajstić information content (AvgIpc) is 2.40. The highest BCUT2D eigenvalue weighted by Gasteiger charge is 2.05. The van der Waals surface area contributed by atoms with Crippen LogP contribution in [0.3, 0.4) is 0 Å². The predicted octanol–water partition coefficient (Wildman–Crippen LogP) is 1.25. The largest absolute Gasteiger partial charge is 0.257 e. The maximum atomic E-state index is 8.78. The fourth-order valence-corrected chi connectivity index (χ4v) is 1.22. The Labute approximate surface area is 69.8 Å². The summed E-state index contributed by atoms with van der Waals surface area (Å²) in [5.74, 6) is 0. The molecule has 1 heterocycles. The molecule has 3 heteroatoms. The van der Waals surface area contributed by atoms with E-state index < -0.39 is 0 Å². The SMILES string of the molecule is Cn1nc2cc[c]cc2c1C#N. The molecule has 0 bridgehead atoms. The molecule has 0 amide bonds. The lowest BCUT2D eigenvalue weighted by atomic mass is 10.2. The summed E-state index contributed by atoms with van der Waals surface area (Å²) in [6, 6.07) is 10.4. The van der Waals surface area contributed by atoms with Crippen LogP contribution in [0.2, 0.25) is 0 Å². The van der Waals surface area contributed by atoms with Crippen molar-refractivity contribution < 1.29 is 0 Å². The number of benzene rings is 1. The molecule has 0 aliphatic rings. The maximum Gasteiger partial charge on any atom is 0.146 e. The number of nitrogens with zero attached hydrogens (tertiary/aromatic N) is 3. The normalized spacial score (nSPS) is 10.0. The van der Waals surface area contributed by atoms with Gasteiger partial charge in [0.2, 0.25) is 0 Å². The van der Waals surface area contributed by atoms with Gasteiger partial charge in [-0.15, -0.1) is 0 Å². The minimum Gasteiger partial charge on any atom is -0.257 e. The zero-order chi connectivity index (χ0) is 8.55. The third-order valence-corrected chi connectivity index (χ3v) is 1.78. The van der Waals surface area contributed by atoms with Crippen molar-refractivity contribution in [3.05, 3.63) is 30.0 Å². The number of fused-ring (bicyclic) bond motifs is 1. The summed E-state index contributed by atoms with van der Waals surface area (Å²) in [5.41, 5.74) is 1.43. The quantitative estimate of drug-likeness (QED) is 0.576. The highest BCUT2D eigenvalue weighted by molar-refractivity contribution is 5.83. The summed E-state index contributed by atoms with van der Waals surface area (Å²) in [5, 5.41) is 13.8. The number of hydrogen-bond donors (Lipinski definition) is 0. The Morgan fingerprint density at radius 3 is 3.25 bits per heavy atom. The first-order valence-corrected chi connectivity index (χ1v) is 3.56. The van der Waals surface area contributed by atoms with Crippen LogP contribution in [-0.4, -0.2) is 9.78 Å². The Hall–Kier alpha value is -1.82. The van der Waals surface area contributed by atoms with E-state index in [2.05, 4.69) is 17.2 Å². The topological polar surface area (TPSA) is 41.6 Å². The summed E-state index contributed by atoms with van der Waals surface area (Å²) in [6.07, 6.45) is 0. The van der Waals surface area contributed by atoms with Crippen LogP contribution in [0.1, 0.15) is 5.69 Å². The van der Waals surface area contributed by atoms with Crippen LogP contribution in [0.4, 0.5) is 0 Å². The molecule has 1 aromatic carbocycles. The second-order valence-electron chi connectivity index (χ2n) is 2.53. The van der Waals surface area contributed by atoms with E-state index in [4.69, 9.17) is 5.26 Å². The lowest BCUT2D eigenvalue weighted by molar-refractivity contribution is 0.767. The van der Waals surface area contributed by atoms with Crippen molar-refractivity contribution in [2.24, 2.45) is 7.05 Å². The van der Waals surface area contributed by atoms with Crippen LogP contribution in [0.5, 0.6) is 0 Å². The first kappa shape index (κ1) is 6.86. The van der Waals surface area contributed by atoms with Crippen molar-refractivity contribution in [3.63, 3.8) is 0 Å². The molecule has 12 heavy (non-hydrogen) atoms. The Balaban J connectivity index is 2.93. The van der Waals surface area contributed by atoms with E-state index in [9.17, 15) is 0 Å². The average molecular weight is 156 g/mol. The van der Waals surface area contributed by atoms with E-state index >= 15 is 0 Å².